The summed E-state index contributed by atoms with van der Waals surface area (Å²) in [5.74, 6) is -1.82. The number of hydrogen-bond donors (Lipinski definition) is 3. The molecule has 0 aliphatic carbocycles. The van der Waals surface area contributed by atoms with Gasteiger partial charge in [0.05, 0.1) is 20.8 Å². The molecule has 51 heavy (non-hydrogen) atoms. The summed E-state index contributed by atoms with van der Waals surface area (Å²) in [6.45, 7) is 8.86. The van der Waals surface area contributed by atoms with Gasteiger partial charge >= 0.3 is 18.2 Å². The van der Waals surface area contributed by atoms with Gasteiger partial charge < -0.3 is 40.8 Å². The van der Waals surface area contributed by atoms with Crippen LogP contribution in [0.25, 0.3) is 11.0 Å². The van der Waals surface area contributed by atoms with E-state index in [2.05, 4.69) is 20.0 Å². The van der Waals surface area contributed by atoms with Gasteiger partial charge in [0.1, 0.15) is 17.9 Å². The van der Waals surface area contributed by atoms with Crippen LogP contribution in [-0.2, 0) is 38.7 Å². The van der Waals surface area contributed by atoms with E-state index in [1.807, 2.05) is 55.0 Å². The predicted octanol–water partition coefficient (Wildman–Crippen LogP) is 2.93. The number of aromatic nitrogens is 4. The lowest BCUT2D eigenvalue weighted by Crippen LogP contribution is -2.48. The van der Waals surface area contributed by atoms with Crippen molar-refractivity contribution in [3.05, 3.63) is 34.9 Å². The zero-order valence-corrected chi connectivity index (χ0v) is 30.4. The number of halogens is 4. The Hall–Kier alpha value is -5.07. The Morgan fingerprint density at radius 1 is 1.02 bits per heavy atom. The summed E-state index contributed by atoms with van der Waals surface area (Å²) in [7, 11) is 5.64. The smallest absolute Gasteiger partial charge is 0.490 e. The number of likely N-dealkylation sites (N-methyl/N-ethyl adjacent to an activating group) is 1. The van der Waals surface area contributed by atoms with Crippen molar-refractivity contribution in [1.29, 1.82) is 0 Å². The molecule has 16 nitrogen and oxygen atoms in total. The van der Waals surface area contributed by atoms with Gasteiger partial charge in [-0.2, -0.15) is 13.2 Å². The van der Waals surface area contributed by atoms with E-state index in [9.17, 15) is 32.3 Å². The molecule has 2 aromatic heterocycles. The number of hydrogen-bond acceptors (Lipinski definition) is 11. The van der Waals surface area contributed by atoms with Crippen molar-refractivity contribution in [1.82, 2.24) is 29.7 Å². The molecule has 0 radical (unpaired) electrons. The molecular formula is C31H44ClF3N9O7+. The Bertz CT molecular complexity index is 1730. The molecule has 1 aromatic carbocycles. The van der Waals surface area contributed by atoms with E-state index < -0.39 is 29.7 Å². The third kappa shape index (κ3) is 11.8. The van der Waals surface area contributed by atoms with Crippen molar-refractivity contribution in [2.75, 3.05) is 52.9 Å². The number of fused-ring (bicyclic) bond motifs is 1. The summed E-state index contributed by atoms with van der Waals surface area (Å²) in [5.41, 5.74) is 12.4. The minimum Gasteiger partial charge on any atom is -0.497 e. The average molecular weight is 747 g/mol. The molecule has 3 rings (SSSR count). The van der Waals surface area contributed by atoms with Crippen molar-refractivity contribution in [2.24, 2.45) is 0 Å². The number of nitrogens with two attached hydrogens (primary N) is 2. The number of alkyl halides is 3. The number of imidazole rings is 1. The van der Waals surface area contributed by atoms with Crippen molar-refractivity contribution in [2.45, 2.75) is 65.5 Å². The van der Waals surface area contributed by atoms with Crippen LogP contribution in [0.4, 0.5) is 29.6 Å². The fraction of sp³-hybridized carbons (Fsp3) is 0.516. The second-order valence-corrected chi connectivity index (χ2v) is 12.3. The normalized spacial score (nSPS) is 11.3. The first-order valence-electron chi connectivity index (χ1n) is 15.4. The molecule has 0 spiro atoms. The number of rotatable bonds is 11. The van der Waals surface area contributed by atoms with Crippen LogP contribution < -0.4 is 26.1 Å². The third-order valence-corrected chi connectivity index (χ3v) is 7.34. The van der Waals surface area contributed by atoms with Crippen LogP contribution in [-0.4, -0.2) is 101 Å². The number of nitrogens with zero attached hydrogens (tertiary/aromatic N) is 6. The second kappa shape index (κ2) is 17.7. The quantitative estimate of drug-likeness (QED) is 0.192. The largest absolute Gasteiger partial charge is 0.497 e. The number of ether oxygens (including phenoxy) is 3. The lowest BCUT2D eigenvalue weighted by molar-refractivity contribution is -0.668. The van der Waals surface area contributed by atoms with Crippen molar-refractivity contribution in [3.63, 3.8) is 0 Å². The molecule has 0 fully saturated rings. The van der Waals surface area contributed by atoms with Gasteiger partial charge in [-0.3, -0.25) is 9.59 Å². The molecule has 0 saturated heterocycles. The number of nitrogen functional groups attached to an aromatic ring is 2. The van der Waals surface area contributed by atoms with Gasteiger partial charge in [-0.1, -0.05) is 11.6 Å². The molecule has 20 heteroatoms. The van der Waals surface area contributed by atoms with E-state index in [1.54, 1.807) is 26.1 Å². The van der Waals surface area contributed by atoms with Gasteiger partial charge in [-0.15, -0.1) is 0 Å². The molecule has 2 heterocycles. The first-order chi connectivity index (χ1) is 23.6. The lowest BCUT2D eigenvalue weighted by Gasteiger charge is -2.25. The maximum atomic E-state index is 13.4. The zero-order chi connectivity index (χ0) is 38.8. The van der Waals surface area contributed by atoms with Crippen LogP contribution >= 0.6 is 11.6 Å². The number of amides is 3. The van der Waals surface area contributed by atoms with Crippen LogP contribution in [0.3, 0.4) is 0 Å². The van der Waals surface area contributed by atoms with E-state index in [0.717, 1.165) is 11.0 Å². The standard InChI is InChI=1S/C28H40ClN9O5.C3H3F3O2/c1-8-37-19-14-17(42-7)10-11-18(19)38(20(37)15-32-26(40)22-24(30)34-25(31)23(29)33-22)16-21(39)35(5)12-9-13-36(6)27(41)43-28(2,3)4;1-8-2(7)3(4,5)6/h10-11,14H,8-9,12-13,15-16H2,1-7H3,(H4-,30,31,32,34,40);1H3/p+1. The highest BCUT2D eigenvalue weighted by Gasteiger charge is 2.40. The Kier molecular flexibility index (Phi) is 14.6. The molecule has 0 aliphatic heterocycles. The number of carbonyl (C=O) groups is 4. The molecular weight excluding hydrogens is 703 g/mol. The van der Waals surface area contributed by atoms with Gasteiger partial charge in [0.2, 0.25) is 0 Å². The number of benzene rings is 1. The van der Waals surface area contributed by atoms with Gasteiger partial charge in [-0.05, 0) is 46.2 Å². The van der Waals surface area contributed by atoms with E-state index in [1.165, 1.54) is 4.90 Å². The molecule has 3 amide bonds. The fourth-order valence-electron chi connectivity index (χ4n) is 4.54. The highest BCUT2D eigenvalue weighted by Crippen LogP contribution is 2.22. The number of anilines is 2. The monoisotopic (exact) mass is 746 g/mol. The zero-order valence-electron chi connectivity index (χ0n) is 29.7. The third-order valence-electron chi connectivity index (χ3n) is 7.06. The maximum Gasteiger partial charge on any atom is 0.490 e. The van der Waals surface area contributed by atoms with Gasteiger partial charge in [-0.25, -0.2) is 28.7 Å². The van der Waals surface area contributed by atoms with E-state index in [-0.39, 0.29) is 41.5 Å². The topological polar surface area (TPSA) is 201 Å². The predicted molar refractivity (Wildman–Crippen MR) is 181 cm³/mol. The Morgan fingerprint density at radius 3 is 2.18 bits per heavy atom. The fourth-order valence-corrected chi connectivity index (χ4v) is 4.67. The molecule has 0 saturated carbocycles. The Morgan fingerprint density at radius 2 is 1.65 bits per heavy atom. The number of esters is 1. The van der Waals surface area contributed by atoms with Crippen molar-refractivity contribution < 1.29 is 51.1 Å². The minimum absolute atomic E-state index is 0.00901. The van der Waals surface area contributed by atoms with E-state index in [4.69, 9.17) is 32.5 Å². The summed E-state index contributed by atoms with van der Waals surface area (Å²) in [4.78, 5) is 59.1. The molecule has 3 aromatic rings. The van der Waals surface area contributed by atoms with Crippen LogP contribution in [0.2, 0.25) is 5.15 Å². The number of carbonyl (C=O) groups excluding carboxylic acids is 4. The summed E-state index contributed by atoms with van der Waals surface area (Å²) in [6, 6.07) is 5.57. The summed E-state index contributed by atoms with van der Waals surface area (Å²) in [5, 5.41) is 2.69. The minimum atomic E-state index is -4.85. The molecule has 0 aliphatic rings. The SMILES string of the molecule is CCn1c(CNC(=O)c2nc(Cl)c(N)nc2N)[n+](CC(=O)N(C)CCCN(C)C(=O)OC(C)(C)C)c2ccc(OC)cc21.COC(=O)C(F)(F)F. The van der Waals surface area contributed by atoms with Gasteiger partial charge in [0.25, 0.3) is 17.6 Å². The average Bonchev–Trinajstić information content (AvgIpc) is 3.34. The second-order valence-electron chi connectivity index (χ2n) is 12.0. The Balaban J connectivity index is 0.00000100. The molecule has 5 N–H and O–H groups in total. The molecule has 0 atom stereocenters. The molecule has 282 valence electrons. The van der Waals surface area contributed by atoms with E-state index in [0.29, 0.717) is 44.7 Å². The summed E-state index contributed by atoms with van der Waals surface area (Å²) < 4.78 is 50.9. The number of nitrogens with one attached hydrogen (secondary N) is 1. The van der Waals surface area contributed by atoms with Crippen LogP contribution in [0.15, 0.2) is 18.2 Å². The van der Waals surface area contributed by atoms with Crippen LogP contribution in [0, 0.1) is 0 Å². The lowest BCUT2D eigenvalue weighted by atomic mass is 10.2. The van der Waals surface area contributed by atoms with Gasteiger partial charge in [0, 0.05) is 33.3 Å². The highest BCUT2D eigenvalue weighted by molar-refractivity contribution is 6.31. The van der Waals surface area contributed by atoms with Crippen molar-refractivity contribution >= 4 is 58.1 Å². The number of methoxy groups -OCH3 is 2. The maximum absolute atomic E-state index is 13.4. The first kappa shape index (κ1) is 42.1. The van der Waals surface area contributed by atoms with Gasteiger partial charge in [0.15, 0.2) is 40.1 Å². The van der Waals surface area contributed by atoms with Crippen LogP contribution in [0.5, 0.6) is 5.75 Å². The molecule has 0 bridgehead atoms. The first-order valence-corrected chi connectivity index (χ1v) is 15.8. The Labute approximate surface area is 297 Å². The summed E-state index contributed by atoms with van der Waals surface area (Å²) in [6.07, 6.45) is -4.71. The molecule has 0 unspecified atom stereocenters. The highest BCUT2D eigenvalue weighted by atomic mass is 35.5. The van der Waals surface area contributed by atoms with Crippen LogP contribution in [0.1, 0.15) is 50.4 Å². The van der Waals surface area contributed by atoms with E-state index >= 15 is 0 Å². The number of aryl methyl sites for hydroxylation is 1. The van der Waals surface area contributed by atoms with Crippen molar-refractivity contribution in [3.8, 4) is 5.75 Å². The summed E-state index contributed by atoms with van der Waals surface area (Å²) >= 11 is 5.96.